The first-order valence-corrected chi connectivity index (χ1v) is 47.2. The summed E-state index contributed by atoms with van der Waals surface area (Å²) in [4.78, 5) is 38.0. The summed E-state index contributed by atoms with van der Waals surface area (Å²) in [5, 5.41) is 5.88. The average molecular weight is 1770 g/mol. The molecule has 0 aliphatic carbocycles. The first-order chi connectivity index (χ1) is 66.5. The van der Waals surface area contributed by atoms with Gasteiger partial charge in [0.2, 0.25) is 0 Å². The standard InChI is InChI=1S/C41H26N4S.2C40H25N3S/c1-2-11-28(12-3-1)31-13-10-17-37-40(31)39(41-45(37)36-16-4-5-18-38(36)46-41)29-21-19-27(20-22-29)30-25-34(32-14-6-8-23-42-32)44-35(26-30)33-15-7-9-24-43-33;1-3-12-26(13-4-1)28-22-23-32-35(25-28)43-34-20-9-10-21-36(34)44-40(43)37(32)29-16-11-17-30(24-29)38-31-18-7-8-19-33(31)41-39(42-38)27-14-5-2-6-15-27;1-3-12-26(13-4-1)30-17-11-18-32-36(40-43(38(30)32)34-20-9-10-21-35(34)44-40)27-22-24-28(25-23-27)37-31-16-7-8-19-33(31)41-39(42-37)29-14-5-2-6-15-29/h1-26H;2*1-25H. The van der Waals surface area contributed by atoms with Crippen molar-refractivity contribution >= 4 is 134 Å². The van der Waals surface area contributed by atoms with Gasteiger partial charge in [-0.25, -0.2) is 24.9 Å². The van der Waals surface area contributed by atoms with Crippen LogP contribution in [0.4, 0.5) is 0 Å². The van der Waals surface area contributed by atoms with E-state index in [9.17, 15) is 0 Å². The zero-order chi connectivity index (χ0) is 88.5. The van der Waals surface area contributed by atoms with E-state index >= 15 is 0 Å². The van der Waals surface area contributed by atoms with Gasteiger partial charge in [-0.2, -0.15) is 0 Å². The Morgan fingerprint density at radius 3 is 1.15 bits per heavy atom. The maximum absolute atomic E-state index is 5.15. The van der Waals surface area contributed by atoms with E-state index in [-0.39, 0.29) is 0 Å². The molecule has 0 saturated carbocycles. The molecule has 10 nitrogen and oxygen atoms in total. The van der Waals surface area contributed by atoms with Gasteiger partial charge < -0.3 is 0 Å². The molecule has 13 heteroatoms. The molecule has 0 saturated heterocycles. The Balaban J connectivity index is 0.000000108. The topological polar surface area (TPSA) is 103 Å². The monoisotopic (exact) mass is 1760 g/mol. The fraction of sp³-hybridized carbons (Fsp3) is 0. The molecule has 0 spiro atoms. The van der Waals surface area contributed by atoms with Crippen molar-refractivity contribution in [2.24, 2.45) is 0 Å². The second-order valence-electron chi connectivity index (χ2n) is 33.3. The van der Waals surface area contributed by atoms with Crippen LogP contribution in [0.1, 0.15) is 0 Å². The Morgan fingerprint density at radius 1 is 0.194 bits per heavy atom. The minimum absolute atomic E-state index is 0.736. The molecular weight excluding hydrogens is 1690 g/mol. The van der Waals surface area contributed by atoms with Crippen molar-refractivity contribution in [1.82, 2.24) is 48.1 Å². The molecule has 0 aliphatic heterocycles. The lowest BCUT2D eigenvalue weighted by Gasteiger charge is -2.11. The number of hydrogen-bond acceptors (Lipinski definition) is 10. The summed E-state index contributed by atoms with van der Waals surface area (Å²) in [7, 11) is 0. The Labute approximate surface area is 783 Å². The molecule has 27 rings (SSSR count). The van der Waals surface area contributed by atoms with Crippen LogP contribution in [-0.4, -0.2) is 48.1 Å². The van der Waals surface area contributed by atoms with E-state index in [0.29, 0.717) is 0 Å². The number of pyridine rings is 3. The molecule has 0 N–H and O–H groups in total. The Morgan fingerprint density at radius 2 is 0.582 bits per heavy atom. The van der Waals surface area contributed by atoms with Crippen molar-refractivity contribution in [3.8, 4) is 146 Å². The maximum Gasteiger partial charge on any atom is 0.160 e. The van der Waals surface area contributed by atoms with Gasteiger partial charge in [-0.1, -0.05) is 346 Å². The zero-order valence-electron chi connectivity index (χ0n) is 72.1. The fourth-order valence-corrected chi connectivity index (χ4v) is 22.9. The van der Waals surface area contributed by atoms with Gasteiger partial charge in [-0.05, 0) is 159 Å². The van der Waals surface area contributed by atoms with E-state index in [1.54, 1.807) is 12.4 Å². The van der Waals surface area contributed by atoms with Gasteiger partial charge in [0.05, 0.1) is 92.4 Å². The molecule has 0 atom stereocenters. The van der Waals surface area contributed by atoms with Crippen LogP contribution < -0.4 is 0 Å². The molecule has 628 valence electrons. The number of para-hydroxylation sites is 6. The number of benzene rings is 16. The Hall–Kier alpha value is -17.1. The number of aromatic nitrogens is 10. The van der Waals surface area contributed by atoms with Crippen LogP contribution in [0.3, 0.4) is 0 Å². The minimum Gasteiger partial charge on any atom is -0.299 e. The predicted octanol–water partition coefficient (Wildman–Crippen LogP) is 32.7. The minimum atomic E-state index is 0.736. The lowest BCUT2D eigenvalue weighted by molar-refractivity contribution is 1.22. The lowest BCUT2D eigenvalue weighted by atomic mass is 9.95. The van der Waals surface area contributed by atoms with Crippen LogP contribution in [-0.2, 0) is 0 Å². The van der Waals surface area contributed by atoms with Crippen molar-refractivity contribution in [3.63, 3.8) is 0 Å². The van der Waals surface area contributed by atoms with Crippen LogP contribution in [0.5, 0.6) is 0 Å². The third kappa shape index (κ3) is 14.1. The van der Waals surface area contributed by atoms with Crippen LogP contribution in [0.2, 0.25) is 0 Å². The SMILES string of the molecule is c1ccc(-c2ccc3c(-c4cccc(-c5nc(-c6ccccc6)nc6ccccc56)c4)c4sc5ccccc5n4c3c2)cc1.c1ccc(-c2cccc3c2c(-c2ccc(-c4cc(-c5ccccn5)nc(-c5ccccn5)c4)cc2)c2sc4ccccc4n23)cc1.c1ccc(-c2nc(-c3ccc(-c4c5cccc(-c6ccccc6)c5n5c4sc4ccccc45)cc3)c3ccccc3n2)cc1. The van der Waals surface area contributed by atoms with E-state index < -0.39 is 0 Å². The van der Waals surface area contributed by atoms with Crippen molar-refractivity contribution in [2.45, 2.75) is 0 Å². The van der Waals surface area contributed by atoms with Gasteiger partial charge in [-0.3, -0.25) is 23.2 Å². The van der Waals surface area contributed by atoms with Crippen molar-refractivity contribution < 1.29 is 0 Å². The Bertz CT molecular complexity index is 9100. The van der Waals surface area contributed by atoms with Crippen molar-refractivity contribution in [3.05, 3.63) is 461 Å². The summed E-state index contributed by atoms with van der Waals surface area (Å²) in [6.45, 7) is 0. The normalized spacial score (nSPS) is 11.6. The number of fused-ring (bicyclic) bond motifs is 17. The summed E-state index contributed by atoms with van der Waals surface area (Å²) >= 11 is 5.56. The highest BCUT2D eigenvalue weighted by Crippen LogP contribution is 2.50. The summed E-state index contributed by atoms with van der Waals surface area (Å²) in [6.07, 6.45) is 3.61. The van der Waals surface area contributed by atoms with E-state index in [1.807, 2.05) is 119 Å². The third-order valence-corrected chi connectivity index (χ3v) is 28.8. The molecule has 0 unspecified atom stereocenters. The lowest BCUT2D eigenvalue weighted by Crippen LogP contribution is -1.95. The highest BCUT2D eigenvalue weighted by molar-refractivity contribution is 7.25. The summed E-state index contributed by atoms with van der Waals surface area (Å²) < 4.78 is 11.2. The molecule has 0 radical (unpaired) electrons. The van der Waals surface area contributed by atoms with Crippen LogP contribution in [0.15, 0.2) is 461 Å². The smallest absolute Gasteiger partial charge is 0.160 e. The van der Waals surface area contributed by atoms with Crippen LogP contribution in [0.25, 0.3) is 246 Å². The molecule has 0 bridgehead atoms. The average Bonchev–Trinajstić information content (AvgIpc) is 1.56. The molecule has 134 heavy (non-hydrogen) atoms. The second-order valence-corrected chi connectivity index (χ2v) is 36.4. The van der Waals surface area contributed by atoms with Gasteiger partial charge in [0.15, 0.2) is 11.6 Å². The highest BCUT2D eigenvalue weighted by atomic mass is 32.1. The molecule has 11 aromatic heterocycles. The van der Waals surface area contributed by atoms with E-state index in [0.717, 1.165) is 101 Å². The van der Waals surface area contributed by atoms with Gasteiger partial charge in [-0.15, -0.1) is 34.0 Å². The van der Waals surface area contributed by atoms with Gasteiger partial charge in [0.25, 0.3) is 0 Å². The highest BCUT2D eigenvalue weighted by Gasteiger charge is 2.27. The summed E-state index contributed by atoms with van der Waals surface area (Å²) in [5.74, 6) is 1.47. The Kier molecular flexibility index (Phi) is 19.9. The van der Waals surface area contributed by atoms with Crippen LogP contribution in [0, 0.1) is 0 Å². The van der Waals surface area contributed by atoms with Crippen molar-refractivity contribution in [1.29, 1.82) is 0 Å². The van der Waals surface area contributed by atoms with E-state index in [4.69, 9.17) is 24.9 Å². The van der Waals surface area contributed by atoms with Gasteiger partial charge >= 0.3 is 0 Å². The molecule has 0 fully saturated rings. The second kappa shape index (κ2) is 33.8. The quantitative estimate of drug-likeness (QED) is 0.113. The largest absolute Gasteiger partial charge is 0.299 e. The molecule has 0 aliphatic rings. The van der Waals surface area contributed by atoms with Crippen LogP contribution >= 0.6 is 34.0 Å². The van der Waals surface area contributed by atoms with Gasteiger partial charge in [0.1, 0.15) is 14.5 Å². The number of rotatable bonds is 13. The van der Waals surface area contributed by atoms with E-state index in [1.165, 1.54) is 145 Å². The summed E-state index contributed by atoms with van der Waals surface area (Å²) in [6, 6.07) is 158. The first-order valence-electron chi connectivity index (χ1n) is 44.8. The maximum atomic E-state index is 5.15. The van der Waals surface area contributed by atoms with Crippen molar-refractivity contribution in [2.75, 3.05) is 0 Å². The third-order valence-electron chi connectivity index (χ3n) is 25.4. The molecule has 11 heterocycles. The fourth-order valence-electron chi connectivity index (χ4n) is 19.2. The first kappa shape index (κ1) is 79.1. The molecule has 27 aromatic rings. The molecule has 16 aromatic carbocycles. The molecule has 0 amide bonds. The number of thiazole rings is 3. The zero-order valence-corrected chi connectivity index (χ0v) is 74.5. The molecular formula is C121H76N10S3. The predicted molar refractivity (Wildman–Crippen MR) is 561 cm³/mol. The number of hydrogen-bond donors (Lipinski definition) is 0. The summed E-state index contributed by atoms with van der Waals surface area (Å²) in [5.41, 5.74) is 35.5. The number of nitrogens with zero attached hydrogens (tertiary/aromatic N) is 10. The van der Waals surface area contributed by atoms with E-state index in [2.05, 4.69) is 387 Å². The van der Waals surface area contributed by atoms with Gasteiger partial charge in [0, 0.05) is 83.8 Å².